The van der Waals surface area contributed by atoms with Crippen LogP contribution in [0.2, 0.25) is 0 Å². The summed E-state index contributed by atoms with van der Waals surface area (Å²) in [6, 6.07) is 2.09. The summed E-state index contributed by atoms with van der Waals surface area (Å²) in [5, 5.41) is 11.0. The van der Waals surface area contributed by atoms with Crippen LogP contribution in [0.4, 0.5) is 13.2 Å². The fourth-order valence-electron chi connectivity index (χ4n) is 1.38. The number of halogens is 3. The number of hydrogen-bond acceptors (Lipinski definition) is 3. The van der Waals surface area contributed by atoms with Crippen molar-refractivity contribution in [3.63, 3.8) is 0 Å². The van der Waals surface area contributed by atoms with Gasteiger partial charge in [0.25, 0.3) is 0 Å². The molecule has 1 rings (SSSR count). The quantitative estimate of drug-likeness (QED) is 0.637. The summed E-state index contributed by atoms with van der Waals surface area (Å²) < 4.78 is 37.3. The summed E-state index contributed by atoms with van der Waals surface area (Å²) >= 11 is 0. The maximum Gasteiger partial charge on any atom is 0.416 e. The number of aliphatic carboxylic acids is 1. The Morgan fingerprint density at radius 3 is 2.39 bits per heavy atom. The molecule has 0 saturated carbocycles. The van der Waals surface area contributed by atoms with Crippen LogP contribution < -0.4 is 5.32 Å². The molecule has 0 bridgehead atoms. The highest BCUT2D eigenvalue weighted by Gasteiger charge is 2.32. The molecule has 0 aromatic heterocycles. The number of carbonyl (C=O) groups excluding carboxylic acids is 1. The maximum absolute atomic E-state index is 12.4. The number of ketones is 1. The average Bonchev–Trinajstić information content (AvgIpc) is 2.28. The number of benzene rings is 1. The van der Waals surface area contributed by atoms with E-state index in [9.17, 15) is 22.8 Å². The number of hydrogen-bond donors (Lipinski definition) is 2. The highest BCUT2D eigenvalue weighted by atomic mass is 19.4. The third kappa shape index (κ3) is 3.07. The molecule has 0 aliphatic carbocycles. The summed E-state index contributed by atoms with van der Waals surface area (Å²) in [5.41, 5.74) is -1.29. The minimum absolute atomic E-state index is 0.299. The maximum atomic E-state index is 12.4. The molecule has 0 amide bonds. The summed E-state index contributed by atoms with van der Waals surface area (Å²) in [5.74, 6) is -2.36. The SMILES string of the molecule is CNC(C(=O)O)C(=O)c1cccc(C(F)(F)F)c1. The molecule has 1 atom stereocenters. The first-order valence-corrected chi connectivity index (χ1v) is 4.89. The number of rotatable bonds is 4. The Labute approximate surface area is 100 Å². The summed E-state index contributed by atoms with van der Waals surface area (Å²) in [6.07, 6.45) is -4.57. The average molecular weight is 261 g/mol. The van der Waals surface area contributed by atoms with E-state index in [1.807, 2.05) is 0 Å². The fourth-order valence-corrected chi connectivity index (χ4v) is 1.38. The van der Waals surface area contributed by atoms with Crippen LogP contribution in [-0.4, -0.2) is 29.9 Å². The van der Waals surface area contributed by atoms with E-state index in [-0.39, 0.29) is 5.56 Å². The van der Waals surface area contributed by atoms with E-state index < -0.39 is 29.5 Å². The molecule has 0 heterocycles. The van der Waals surface area contributed by atoms with Crippen molar-refractivity contribution in [2.75, 3.05) is 7.05 Å². The Kier molecular flexibility index (Phi) is 4.07. The highest BCUT2D eigenvalue weighted by molar-refractivity contribution is 6.11. The van der Waals surface area contributed by atoms with Crippen LogP contribution in [0, 0.1) is 0 Å². The summed E-state index contributed by atoms with van der Waals surface area (Å²) in [6.45, 7) is 0. The first kappa shape index (κ1) is 14.2. The van der Waals surface area contributed by atoms with Gasteiger partial charge in [-0.3, -0.25) is 9.59 Å². The van der Waals surface area contributed by atoms with E-state index in [0.717, 1.165) is 18.2 Å². The lowest BCUT2D eigenvalue weighted by atomic mass is 10.0. The first-order valence-electron chi connectivity index (χ1n) is 4.89. The number of carbonyl (C=O) groups is 2. The fraction of sp³-hybridized carbons (Fsp3) is 0.273. The number of carboxylic acid groups (broad SMARTS) is 1. The smallest absolute Gasteiger partial charge is 0.416 e. The Morgan fingerprint density at radius 1 is 1.33 bits per heavy atom. The van der Waals surface area contributed by atoms with Crippen LogP contribution >= 0.6 is 0 Å². The van der Waals surface area contributed by atoms with E-state index >= 15 is 0 Å². The van der Waals surface area contributed by atoms with Gasteiger partial charge in [-0.2, -0.15) is 13.2 Å². The van der Waals surface area contributed by atoms with Crippen LogP contribution in [0.5, 0.6) is 0 Å². The van der Waals surface area contributed by atoms with E-state index in [2.05, 4.69) is 5.32 Å². The van der Waals surface area contributed by atoms with Gasteiger partial charge in [0.05, 0.1) is 5.56 Å². The molecule has 1 aromatic carbocycles. The Bertz CT molecular complexity index is 471. The minimum atomic E-state index is -4.57. The third-order valence-electron chi connectivity index (χ3n) is 2.27. The molecular weight excluding hydrogens is 251 g/mol. The molecule has 1 aromatic rings. The van der Waals surface area contributed by atoms with E-state index in [0.29, 0.717) is 6.07 Å². The van der Waals surface area contributed by atoms with Gasteiger partial charge in [0.1, 0.15) is 0 Å². The Balaban J connectivity index is 3.11. The molecule has 0 aliphatic heterocycles. The van der Waals surface area contributed by atoms with Crippen molar-refractivity contribution >= 4 is 11.8 Å². The molecule has 0 radical (unpaired) electrons. The number of nitrogens with one attached hydrogen (secondary N) is 1. The Hall–Kier alpha value is -1.89. The molecular formula is C11H10F3NO3. The Morgan fingerprint density at radius 2 is 1.94 bits per heavy atom. The van der Waals surface area contributed by atoms with Crippen molar-refractivity contribution in [1.82, 2.24) is 5.32 Å². The third-order valence-corrected chi connectivity index (χ3v) is 2.27. The van der Waals surface area contributed by atoms with Gasteiger partial charge in [-0.1, -0.05) is 12.1 Å². The van der Waals surface area contributed by atoms with Gasteiger partial charge in [-0.15, -0.1) is 0 Å². The van der Waals surface area contributed by atoms with E-state index in [1.54, 1.807) is 0 Å². The normalized spacial score (nSPS) is 13.1. The highest BCUT2D eigenvalue weighted by Crippen LogP contribution is 2.29. The van der Waals surface area contributed by atoms with Gasteiger partial charge in [0.15, 0.2) is 11.8 Å². The predicted molar refractivity (Wildman–Crippen MR) is 56.3 cm³/mol. The van der Waals surface area contributed by atoms with Crippen LogP contribution in [0.25, 0.3) is 0 Å². The van der Waals surface area contributed by atoms with Gasteiger partial charge in [0, 0.05) is 5.56 Å². The van der Waals surface area contributed by atoms with Crippen molar-refractivity contribution in [1.29, 1.82) is 0 Å². The lowest BCUT2D eigenvalue weighted by Crippen LogP contribution is -2.41. The second-order valence-corrected chi connectivity index (χ2v) is 3.50. The van der Waals surface area contributed by atoms with Crippen molar-refractivity contribution in [3.05, 3.63) is 35.4 Å². The van der Waals surface area contributed by atoms with Crippen molar-refractivity contribution in [2.45, 2.75) is 12.2 Å². The van der Waals surface area contributed by atoms with Crippen LogP contribution in [-0.2, 0) is 11.0 Å². The molecule has 2 N–H and O–H groups in total. The van der Waals surface area contributed by atoms with Gasteiger partial charge in [-0.05, 0) is 19.2 Å². The van der Waals surface area contributed by atoms with Crippen LogP contribution in [0.3, 0.4) is 0 Å². The van der Waals surface area contributed by atoms with E-state index in [1.165, 1.54) is 7.05 Å². The van der Waals surface area contributed by atoms with Crippen molar-refractivity contribution in [3.8, 4) is 0 Å². The van der Waals surface area contributed by atoms with Gasteiger partial charge < -0.3 is 10.4 Å². The molecule has 4 nitrogen and oxygen atoms in total. The zero-order valence-corrected chi connectivity index (χ0v) is 9.28. The zero-order valence-electron chi connectivity index (χ0n) is 9.28. The van der Waals surface area contributed by atoms with Gasteiger partial charge in [0.2, 0.25) is 0 Å². The summed E-state index contributed by atoms with van der Waals surface area (Å²) in [4.78, 5) is 22.4. The van der Waals surface area contributed by atoms with Gasteiger partial charge >= 0.3 is 12.1 Å². The standard InChI is InChI=1S/C11H10F3NO3/c1-15-8(10(17)18)9(16)6-3-2-4-7(5-6)11(12,13)14/h2-5,8,15H,1H3,(H,17,18). The molecule has 7 heteroatoms. The molecule has 0 spiro atoms. The van der Waals surface area contributed by atoms with Crippen molar-refractivity contribution < 1.29 is 27.9 Å². The number of alkyl halides is 3. The lowest BCUT2D eigenvalue weighted by Gasteiger charge is -2.12. The molecule has 98 valence electrons. The van der Waals surface area contributed by atoms with E-state index in [4.69, 9.17) is 5.11 Å². The number of likely N-dealkylation sites (N-methyl/N-ethyl adjacent to an activating group) is 1. The monoisotopic (exact) mass is 261 g/mol. The van der Waals surface area contributed by atoms with Crippen LogP contribution in [0.1, 0.15) is 15.9 Å². The second kappa shape index (κ2) is 5.18. The predicted octanol–water partition coefficient (Wildman–Crippen LogP) is 1.56. The second-order valence-electron chi connectivity index (χ2n) is 3.50. The van der Waals surface area contributed by atoms with Gasteiger partial charge in [-0.25, -0.2) is 0 Å². The summed E-state index contributed by atoms with van der Waals surface area (Å²) in [7, 11) is 1.24. The minimum Gasteiger partial charge on any atom is -0.480 e. The zero-order chi connectivity index (χ0) is 13.9. The number of Topliss-reactive ketones (excluding diaryl/α,β-unsaturated/α-hetero) is 1. The lowest BCUT2D eigenvalue weighted by molar-refractivity contribution is -0.138. The van der Waals surface area contributed by atoms with Crippen LogP contribution in [0.15, 0.2) is 24.3 Å². The molecule has 0 fully saturated rings. The number of carboxylic acids is 1. The molecule has 1 unspecified atom stereocenters. The molecule has 0 aliphatic rings. The largest absolute Gasteiger partial charge is 0.480 e. The van der Waals surface area contributed by atoms with Crippen molar-refractivity contribution in [2.24, 2.45) is 0 Å². The molecule has 18 heavy (non-hydrogen) atoms. The topological polar surface area (TPSA) is 66.4 Å². The first-order chi connectivity index (χ1) is 8.27. The molecule has 0 saturated heterocycles.